The topological polar surface area (TPSA) is 56.7 Å². The fourth-order valence-corrected chi connectivity index (χ4v) is 3.06. The van der Waals surface area contributed by atoms with Gasteiger partial charge >= 0.3 is 0 Å². The number of hydrogen-bond acceptors (Lipinski definition) is 3. The van der Waals surface area contributed by atoms with Crippen molar-refractivity contribution in [2.75, 3.05) is 5.73 Å². The van der Waals surface area contributed by atoms with Crippen LogP contribution in [0.5, 0.6) is 0 Å². The van der Waals surface area contributed by atoms with Crippen molar-refractivity contribution in [3.63, 3.8) is 0 Å². The smallest absolute Gasteiger partial charge is 0.202 e. The third-order valence-corrected chi connectivity index (χ3v) is 4.24. The second-order valence-electron chi connectivity index (χ2n) is 5.25. The molecule has 4 nitrogen and oxygen atoms in total. The summed E-state index contributed by atoms with van der Waals surface area (Å²) in [6.07, 6.45) is 5.56. The number of imidazole rings is 1. The number of anilines is 1. The van der Waals surface area contributed by atoms with Crippen molar-refractivity contribution in [1.82, 2.24) is 14.5 Å². The van der Waals surface area contributed by atoms with Crippen LogP contribution in [0.3, 0.4) is 0 Å². The summed E-state index contributed by atoms with van der Waals surface area (Å²) in [6.45, 7) is 3.23. The molecule has 2 aromatic heterocycles. The molecule has 96 valence electrons. The van der Waals surface area contributed by atoms with Gasteiger partial charge in [-0.1, -0.05) is 31.4 Å². The molecule has 0 amide bonds. The molecular formula is C13H17ClN4. The van der Waals surface area contributed by atoms with Crippen molar-refractivity contribution in [1.29, 1.82) is 0 Å². The van der Waals surface area contributed by atoms with Crippen LogP contribution in [0.1, 0.15) is 26.2 Å². The molecule has 2 aromatic rings. The molecule has 18 heavy (non-hydrogen) atoms. The maximum absolute atomic E-state index is 6.00. The number of pyridine rings is 1. The minimum Gasteiger partial charge on any atom is -0.369 e. The molecule has 0 saturated heterocycles. The van der Waals surface area contributed by atoms with E-state index in [1.165, 1.54) is 19.3 Å². The quantitative estimate of drug-likeness (QED) is 0.907. The number of halogens is 1. The predicted molar refractivity (Wildman–Crippen MR) is 73.5 cm³/mol. The summed E-state index contributed by atoms with van der Waals surface area (Å²) in [5, 5.41) is 0.599. The van der Waals surface area contributed by atoms with Gasteiger partial charge in [-0.2, -0.15) is 0 Å². The fraction of sp³-hybridized carbons (Fsp3) is 0.538. The monoisotopic (exact) mass is 264 g/mol. The van der Waals surface area contributed by atoms with Crippen molar-refractivity contribution in [3.8, 4) is 0 Å². The Balaban J connectivity index is 1.98. The van der Waals surface area contributed by atoms with E-state index >= 15 is 0 Å². The van der Waals surface area contributed by atoms with Gasteiger partial charge in [-0.3, -0.25) is 4.57 Å². The lowest BCUT2D eigenvalue weighted by atomic mass is 9.98. The van der Waals surface area contributed by atoms with E-state index in [1.54, 1.807) is 6.20 Å². The third-order valence-electron chi connectivity index (χ3n) is 4.04. The molecule has 2 unspecified atom stereocenters. The Morgan fingerprint density at radius 1 is 1.50 bits per heavy atom. The molecule has 0 aliphatic heterocycles. The summed E-state index contributed by atoms with van der Waals surface area (Å²) in [5.41, 5.74) is 7.62. The molecule has 2 N–H and O–H groups in total. The van der Waals surface area contributed by atoms with Gasteiger partial charge in [-0.15, -0.1) is 0 Å². The summed E-state index contributed by atoms with van der Waals surface area (Å²) in [4.78, 5) is 8.69. The van der Waals surface area contributed by atoms with Crippen LogP contribution in [-0.2, 0) is 6.54 Å². The highest BCUT2D eigenvalue weighted by Gasteiger charge is 2.25. The summed E-state index contributed by atoms with van der Waals surface area (Å²) >= 11 is 5.92. The van der Waals surface area contributed by atoms with Gasteiger partial charge in [0.15, 0.2) is 5.65 Å². The van der Waals surface area contributed by atoms with E-state index in [9.17, 15) is 0 Å². The minimum atomic E-state index is 0.541. The molecule has 3 rings (SSSR count). The molecule has 1 saturated carbocycles. The Bertz CT molecular complexity index is 578. The lowest BCUT2D eigenvalue weighted by molar-refractivity contribution is 0.369. The van der Waals surface area contributed by atoms with Gasteiger partial charge in [0.25, 0.3) is 0 Å². The van der Waals surface area contributed by atoms with Gasteiger partial charge in [0, 0.05) is 12.7 Å². The van der Waals surface area contributed by atoms with E-state index in [0.29, 0.717) is 16.9 Å². The predicted octanol–water partition coefficient (Wildman–Crippen LogP) is 3.10. The number of fused-ring (bicyclic) bond motifs is 1. The van der Waals surface area contributed by atoms with Crippen molar-refractivity contribution in [2.24, 2.45) is 11.8 Å². The minimum absolute atomic E-state index is 0.541. The van der Waals surface area contributed by atoms with Gasteiger partial charge in [-0.25, -0.2) is 9.97 Å². The highest BCUT2D eigenvalue weighted by Crippen LogP contribution is 2.33. The van der Waals surface area contributed by atoms with Crippen LogP contribution in [0.2, 0.25) is 5.02 Å². The number of nitrogen functional groups attached to an aromatic ring is 1. The molecule has 1 aliphatic carbocycles. The van der Waals surface area contributed by atoms with Gasteiger partial charge in [0.2, 0.25) is 5.95 Å². The third kappa shape index (κ3) is 1.94. The molecule has 0 spiro atoms. The number of nitrogens with zero attached hydrogens (tertiary/aromatic N) is 3. The van der Waals surface area contributed by atoms with Gasteiger partial charge in [-0.05, 0) is 24.3 Å². The van der Waals surface area contributed by atoms with Crippen LogP contribution >= 0.6 is 11.6 Å². The molecule has 2 atom stereocenters. The van der Waals surface area contributed by atoms with E-state index in [4.69, 9.17) is 17.3 Å². The standard InChI is InChI=1S/C13H17ClN4/c1-8-3-2-4-9(8)7-18-12-11(17-13(18)15)5-10(14)6-16-12/h5-6,8-9H,2-4,7H2,1H3,(H2,15,17). The molecule has 0 radical (unpaired) electrons. The Morgan fingerprint density at radius 2 is 2.33 bits per heavy atom. The highest BCUT2D eigenvalue weighted by molar-refractivity contribution is 6.31. The summed E-state index contributed by atoms with van der Waals surface area (Å²) < 4.78 is 2.03. The lowest BCUT2D eigenvalue weighted by Gasteiger charge is -2.16. The molecule has 5 heteroatoms. The maximum Gasteiger partial charge on any atom is 0.202 e. The van der Waals surface area contributed by atoms with Crippen LogP contribution < -0.4 is 5.73 Å². The zero-order valence-corrected chi connectivity index (χ0v) is 11.2. The average molecular weight is 265 g/mol. The zero-order chi connectivity index (χ0) is 12.7. The van der Waals surface area contributed by atoms with Crippen LogP contribution in [0.4, 0.5) is 5.95 Å². The average Bonchev–Trinajstić information content (AvgIpc) is 2.85. The summed E-state index contributed by atoms with van der Waals surface area (Å²) in [7, 11) is 0. The number of nitrogens with two attached hydrogens (primary N) is 1. The largest absolute Gasteiger partial charge is 0.369 e. The summed E-state index contributed by atoms with van der Waals surface area (Å²) in [6, 6.07) is 1.81. The lowest BCUT2D eigenvalue weighted by Crippen LogP contribution is -2.15. The van der Waals surface area contributed by atoms with E-state index in [1.807, 2.05) is 10.6 Å². The Morgan fingerprint density at radius 3 is 3.06 bits per heavy atom. The van der Waals surface area contributed by atoms with Crippen LogP contribution in [-0.4, -0.2) is 14.5 Å². The molecule has 2 heterocycles. The number of rotatable bonds is 2. The maximum atomic E-state index is 6.00. The molecule has 1 fully saturated rings. The fourth-order valence-electron chi connectivity index (χ4n) is 2.91. The van der Waals surface area contributed by atoms with E-state index in [-0.39, 0.29) is 0 Å². The van der Waals surface area contributed by atoms with E-state index < -0.39 is 0 Å². The van der Waals surface area contributed by atoms with Gasteiger partial charge in [0.1, 0.15) is 5.52 Å². The van der Waals surface area contributed by atoms with Crippen molar-refractivity contribution >= 4 is 28.7 Å². The van der Waals surface area contributed by atoms with E-state index in [2.05, 4.69) is 16.9 Å². The van der Waals surface area contributed by atoms with Crippen molar-refractivity contribution in [3.05, 3.63) is 17.3 Å². The second kappa shape index (κ2) is 4.43. The van der Waals surface area contributed by atoms with Gasteiger partial charge in [0.05, 0.1) is 5.02 Å². The first-order chi connectivity index (χ1) is 8.65. The normalized spacial score (nSPS) is 23.9. The Hall–Kier alpha value is -1.29. The van der Waals surface area contributed by atoms with Crippen LogP contribution in [0, 0.1) is 11.8 Å². The first kappa shape index (κ1) is 11.8. The second-order valence-corrected chi connectivity index (χ2v) is 5.68. The molecule has 1 aliphatic rings. The van der Waals surface area contributed by atoms with E-state index in [0.717, 1.165) is 23.6 Å². The highest BCUT2D eigenvalue weighted by atomic mass is 35.5. The van der Waals surface area contributed by atoms with Crippen LogP contribution in [0.15, 0.2) is 12.3 Å². The molecular weight excluding hydrogens is 248 g/mol. The Labute approximate surface area is 111 Å². The van der Waals surface area contributed by atoms with Gasteiger partial charge < -0.3 is 5.73 Å². The SMILES string of the molecule is CC1CCCC1Cn1c(N)nc2cc(Cl)cnc21. The summed E-state index contributed by atoms with van der Waals surface area (Å²) in [5.74, 6) is 1.98. The Kier molecular flexibility index (Phi) is 2.90. The first-order valence-corrected chi connectivity index (χ1v) is 6.80. The van der Waals surface area contributed by atoms with Crippen molar-refractivity contribution in [2.45, 2.75) is 32.7 Å². The molecule has 0 aromatic carbocycles. The number of hydrogen-bond donors (Lipinski definition) is 1. The zero-order valence-electron chi connectivity index (χ0n) is 10.4. The van der Waals surface area contributed by atoms with Crippen LogP contribution in [0.25, 0.3) is 11.2 Å². The molecule has 0 bridgehead atoms. The number of aromatic nitrogens is 3. The van der Waals surface area contributed by atoms with Crippen molar-refractivity contribution < 1.29 is 0 Å². The first-order valence-electron chi connectivity index (χ1n) is 6.42.